The van der Waals surface area contributed by atoms with Gasteiger partial charge in [0.25, 0.3) is 6.02 Å². The standard InChI is InChI=1S/C13H18ClN3O2/c1-2-11(7-10-8-18-13(16-10)17-15)19-12-5-3-4-9(14)6-12/h3-6,10-11H,2,7-8,15H2,1H3,(H,16,17)/t10?,11-/m0/s1. The maximum atomic E-state index is 5.94. The molecule has 0 saturated heterocycles. The molecular weight excluding hydrogens is 266 g/mol. The minimum Gasteiger partial charge on any atom is -0.490 e. The van der Waals surface area contributed by atoms with Crippen LogP contribution >= 0.6 is 11.6 Å². The molecule has 19 heavy (non-hydrogen) atoms. The van der Waals surface area contributed by atoms with E-state index in [-0.39, 0.29) is 12.1 Å². The Morgan fingerprint density at radius 1 is 1.63 bits per heavy atom. The first kappa shape index (κ1) is 14.0. The Hall–Kier alpha value is -1.46. The topological polar surface area (TPSA) is 68.9 Å². The fraction of sp³-hybridized carbons (Fsp3) is 0.462. The second-order valence-corrected chi connectivity index (χ2v) is 4.82. The summed E-state index contributed by atoms with van der Waals surface area (Å²) in [5, 5.41) is 0.671. The average molecular weight is 284 g/mol. The van der Waals surface area contributed by atoms with Crippen LogP contribution in [0.15, 0.2) is 29.3 Å². The molecule has 0 radical (unpaired) electrons. The fourth-order valence-electron chi connectivity index (χ4n) is 1.95. The lowest BCUT2D eigenvalue weighted by atomic mass is 10.1. The molecule has 1 aromatic carbocycles. The molecule has 1 aliphatic heterocycles. The first-order valence-electron chi connectivity index (χ1n) is 6.30. The fourth-order valence-corrected chi connectivity index (χ4v) is 2.13. The van der Waals surface area contributed by atoms with Crippen LogP contribution in [-0.2, 0) is 4.74 Å². The van der Waals surface area contributed by atoms with Crippen molar-refractivity contribution in [3.05, 3.63) is 29.3 Å². The van der Waals surface area contributed by atoms with E-state index < -0.39 is 0 Å². The lowest BCUT2D eigenvalue weighted by molar-refractivity contribution is 0.168. The first-order valence-corrected chi connectivity index (χ1v) is 6.68. The number of aliphatic imine (C=N–C) groups is 1. The summed E-state index contributed by atoms with van der Waals surface area (Å²) in [6.07, 6.45) is 1.76. The van der Waals surface area contributed by atoms with Crippen LogP contribution in [0.2, 0.25) is 5.02 Å². The van der Waals surface area contributed by atoms with Gasteiger partial charge < -0.3 is 9.47 Å². The van der Waals surface area contributed by atoms with Gasteiger partial charge >= 0.3 is 0 Å². The Morgan fingerprint density at radius 3 is 3.11 bits per heavy atom. The number of rotatable bonds is 5. The molecule has 0 saturated carbocycles. The van der Waals surface area contributed by atoms with Crippen LogP contribution in [0.5, 0.6) is 5.75 Å². The van der Waals surface area contributed by atoms with Gasteiger partial charge in [0.15, 0.2) is 0 Å². The van der Waals surface area contributed by atoms with Gasteiger partial charge in [0.2, 0.25) is 0 Å². The van der Waals surface area contributed by atoms with Gasteiger partial charge in [-0.3, -0.25) is 5.43 Å². The normalized spacial score (nSPS) is 19.5. The Morgan fingerprint density at radius 2 is 2.47 bits per heavy atom. The Kier molecular flexibility index (Phi) is 4.87. The van der Waals surface area contributed by atoms with Gasteiger partial charge in [0.1, 0.15) is 18.5 Å². The Bertz CT molecular complexity index is 453. The smallest absolute Gasteiger partial charge is 0.299 e. The number of amidine groups is 1. The predicted octanol–water partition coefficient (Wildman–Crippen LogP) is 2.11. The molecule has 0 fully saturated rings. The van der Waals surface area contributed by atoms with Crippen molar-refractivity contribution >= 4 is 17.6 Å². The lowest BCUT2D eigenvalue weighted by Crippen LogP contribution is -2.30. The van der Waals surface area contributed by atoms with Crippen molar-refractivity contribution in [1.29, 1.82) is 0 Å². The van der Waals surface area contributed by atoms with E-state index in [0.717, 1.165) is 18.6 Å². The van der Waals surface area contributed by atoms with Gasteiger partial charge in [-0.05, 0) is 24.6 Å². The third kappa shape index (κ3) is 4.01. The van der Waals surface area contributed by atoms with Crippen molar-refractivity contribution in [3.63, 3.8) is 0 Å². The van der Waals surface area contributed by atoms with Crippen molar-refractivity contribution < 1.29 is 9.47 Å². The van der Waals surface area contributed by atoms with E-state index in [9.17, 15) is 0 Å². The van der Waals surface area contributed by atoms with Crippen LogP contribution in [0, 0.1) is 0 Å². The number of ether oxygens (including phenoxy) is 2. The van der Waals surface area contributed by atoms with E-state index in [0.29, 0.717) is 17.7 Å². The zero-order chi connectivity index (χ0) is 13.7. The molecule has 1 heterocycles. The highest BCUT2D eigenvalue weighted by molar-refractivity contribution is 6.30. The molecule has 0 spiro atoms. The van der Waals surface area contributed by atoms with Gasteiger partial charge in [-0.25, -0.2) is 10.8 Å². The van der Waals surface area contributed by atoms with Crippen molar-refractivity contribution in [2.75, 3.05) is 6.61 Å². The summed E-state index contributed by atoms with van der Waals surface area (Å²) < 4.78 is 11.2. The third-order valence-electron chi connectivity index (χ3n) is 2.92. The number of nitrogens with two attached hydrogens (primary N) is 1. The number of nitrogens with zero attached hydrogens (tertiary/aromatic N) is 1. The highest BCUT2D eigenvalue weighted by atomic mass is 35.5. The summed E-state index contributed by atoms with van der Waals surface area (Å²) in [5.41, 5.74) is 2.41. The zero-order valence-electron chi connectivity index (χ0n) is 10.8. The maximum Gasteiger partial charge on any atom is 0.299 e. The molecule has 2 atom stereocenters. The van der Waals surface area contributed by atoms with Gasteiger partial charge in [-0.15, -0.1) is 0 Å². The van der Waals surface area contributed by atoms with Gasteiger partial charge in [-0.1, -0.05) is 24.6 Å². The van der Waals surface area contributed by atoms with Crippen molar-refractivity contribution in [3.8, 4) is 5.75 Å². The second-order valence-electron chi connectivity index (χ2n) is 4.38. The molecule has 1 unspecified atom stereocenters. The minimum absolute atomic E-state index is 0.0768. The van der Waals surface area contributed by atoms with Crippen LogP contribution < -0.4 is 16.0 Å². The van der Waals surface area contributed by atoms with E-state index >= 15 is 0 Å². The monoisotopic (exact) mass is 283 g/mol. The summed E-state index contributed by atoms with van der Waals surface area (Å²) >= 11 is 5.94. The van der Waals surface area contributed by atoms with E-state index in [1.165, 1.54) is 0 Å². The number of halogens is 1. The Labute approximate surface area is 117 Å². The lowest BCUT2D eigenvalue weighted by Gasteiger charge is -2.19. The van der Waals surface area contributed by atoms with Crippen molar-refractivity contribution in [1.82, 2.24) is 5.43 Å². The van der Waals surface area contributed by atoms with Gasteiger partial charge in [-0.2, -0.15) is 0 Å². The molecule has 6 heteroatoms. The number of hydrogen-bond donors (Lipinski definition) is 2. The molecule has 104 valence electrons. The molecule has 1 aliphatic rings. The Balaban J connectivity index is 1.92. The zero-order valence-corrected chi connectivity index (χ0v) is 11.6. The van der Waals surface area contributed by atoms with E-state index in [1.54, 1.807) is 0 Å². The van der Waals surface area contributed by atoms with Crippen molar-refractivity contribution in [2.24, 2.45) is 10.8 Å². The minimum atomic E-state index is 0.0768. The predicted molar refractivity (Wildman–Crippen MR) is 75.3 cm³/mol. The van der Waals surface area contributed by atoms with E-state index in [1.807, 2.05) is 24.3 Å². The van der Waals surface area contributed by atoms with Crippen molar-refractivity contribution in [2.45, 2.75) is 31.9 Å². The first-order chi connectivity index (χ1) is 9.21. The number of hydrogen-bond acceptors (Lipinski definition) is 5. The molecule has 0 amide bonds. The second kappa shape index (κ2) is 6.63. The molecule has 0 aromatic heterocycles. The summed E-state index contributed by atoms with van der Waals surface area (Å²) in [5.74, 6) is 6.03. The summed E-state index contributed by atoms with van der Waals surface area (Å²) in [7, 11) is 0. The van der Waals surface area contributed by atoms with Crippen LogP contribution in [0.4, 0.5) is 0 Å². The molecule has 2 rings (SSSR count). The van der Waals surface area contributed by atoms with Crippen LogP contribution in [0.1, 0.15) is 19.8 Å². The van der Waals surface area contributed by atoms with Gasteiger partial charge in [0, 0.05) is 11.4 Å². The molecule has 5 nitrogen and oxygen atoms in total. The average Bonchev–Trinajstić information content (AvgIpc) is 2.85. The van der Waals surface area contributed by atoms with Crippen LogP contribution in [0.3, 0.4) is 0 Å². The molecule has 3 N–H and O–H groups in total. The highest BCUT2D eigenvalue weighted by Gasteiger charge is 2.22. The largest absolute Gasteiger partial charge is 0.490 e. The summed E-state index contributed by atoms with van der Waals surface area (Å²) in [6.45, 7) is 2.62. The van der Waals surface area contributed by atoms with Gasteiger partial charge in [0.05, 0.1) is 6.04 Å². The summed E-state index contributed by atoms with van der Waals surface area (Å²) in [4.78, 5) is 4.31. The number of benzene rings is 1. The van der Waals surface area contributed by atoms with Crippen LogP contribution in [0.25, 0.3) is 0 Å². The number of nitrogens with one attached hydrogen (secondary N) is 1. The SMILES string of the molecule is CC[C@@H](CC1COC(NN)=N1)Oc1cccc(Cl)c1. The highest BCUT2D eigenvalue weighted by Crippen LogP contribution is 2.21. The molecule has 0 aliphatic carbocycles. The maximum absolute atomic E-state index is 5.94. The quantitative estimate of drug-likeness (QED) is 0.641. The molecular formula is C13H18ClN3O2. The van der Waals surface area contributed by atoms with E-state index in [4.69, 9.17) is 26.9 Å². The van der Waals surface area contributed by atoms with E-state index in [2.05, 4.69) is 17.3 Å². The summed E-state index contributed by atoms with van der Waals surface area (Å²) in [6, 6.07) is 7.88. The molecule has 0 bridgehead atoms. The number of hydrazine groups is 1. The molecule has 1 aromatic rings. The van der Waals surface area contributed by atoms with Crippen LogP contribution in [-0.4, -0.2) is 24.8 Å². The third-order valence-corrected chi connectivity index (χ3v) is 3.16.